The van der Waals surface area contributed by atoms with Crippen molar-refractivity contribution in [2.75, 3.05) is 59.4 Å². The highest BCUT2D eigenvalue weighted by Gasteiger charge is 2.38. The van der Waals surface area contributed by atoms with Crippen molar-refractivity contribution in [1.82, 2.24) is 19.6 Å². The van der Waals surface area contributed by atoms with E-state index in [9.17, 15) is 9.59 Å². The number of nitrogens with zero attached hydrogens (tertiary/aromatic N) is 4. The molecule has 0 aromatic heterocycles. The van der Waals surface area contributed by atoms with Crippen molar-refractivity contribution in [3.63, 3.8) is 0 Å². The predicted octanol–water partition coefficient (Wildman–Crippen LogP) is 3.33. The maximum absolute atomic E-state index is 13.5. The second kappa shape index (κ2) is 12.1. The molecule has 0 bridgehead atoms. The van der Waals surface area contributed by atoms with Crippen molar-refractivity contribution < 1.29 is 14.3 Å². The van der Waals surface area contributed by atoms with Crippen LogP contribution in [0.1, 0.15) is 39.5 Å². The molecule has 3 saturated heterocycles. The van der Waals surface area contributed by atoms with Crippen LogP contribution in [0, 0.1) is 11.8 Å². The lowest BCUT2D eigenvalue weighted by molar-refractivity contribution is -0.143. The molecule has 0 unspecified atom stereocenters. The Balaban J connectivity index is 1.42. The minimum atomic E-state index is -0.0763. The Bertz CT molecular complexity index is 866. The van der Waals surface area contributed by atoms with E-state index in [-0.39, 0.29) is 29.8 Å². The Hall–Kier alpha value is -1.64. The largest absolute Gasteiger partial charge is 0.490 e. The highest BCUT2D eigenvalue weighted by Crippen LogP contribution is 2.30. The number of hydrogen-bond donors (Lipinski definition) is 0. The lowest BCUT2D eigenvalue weighted by atomic mass is 9.88. The summed E-state index contributed by atoms with van der Waals surface area (Å²) in [5.41, 5.74) is 0. The van der Waals surface area contributed by atoms with Gasteiger partial charge in [0, 0.05) is 74.5 Å². The van der Waals surface area contributed by atoms with Gasteiger partial charge in [-0.1, -0.05) is 22.0 Å². The van der Waals surface area contributed by atoms with Crippen LogP contribution in [0.25, 0.3) is 0 Å². The molecule has 0 aliphatic carbocycles. The van der Waals surface area contributed by atoms with Crippen molar-refractivity contribution in [1.29, 1.82) is 0 Å². The van der Waals surface area contributed by atoms with E-state index in [0.29, 0.717) is 25.6 Å². The Kier molecular flexibility index (Phi) is 9.11. The van der Waals surface area contributed by atoms with Crippen LogP contribution >= 0.6 is 15.9 Å². The molecule has 1 aromatic rings. The molecule has 0 radical (unpaired) electrons. The monoisotopic (exact) mass is 548 g/mol. The lowest BCUT2D eigenvalue weighted by Gasteiger charge is -2.42. The number of ether oxygens (including phenoxy) is 1. The molecule has 1 aromatic carbocycles. The molecule has 0 N–H and O–H groups in total. The molecule has 0 spiro atoms. The van der Waals surface area contributed by atoms with Crippen LogP contribution in [-0.2, 0) is 9.59 Å². The van der Waals surface area contributed by atoms with E-state index in [4.69, 9.17) is 4.74 Å². The number of carbonyl (C=O) groups is 2. The maximum atomic E-state index is 13.5. The first-order valence-electron chi connectivity index (χ1n) is 13.2. The molecular weight excluding hydrogens is 508 g/mol. The smallest absolute Gasteiger partial charge is 0.225 e. The number of rotatable bonds is 6. The molecule has 4 rings (SSSR count). The van der Waals surface area contributed by atoms with Crippen LogP contribution in [0.2, 0.25) is 0 Å². The molecule has 8 heteroatoms. The Labute approximate surface area is 218 Å². The average molecular weight is 550 g/mol. The molecule has 0 saturated carbocycles. The number of likely N-dealkylation sites (N-methyl/N-ethyl adjacent to an activating group) is 1. The zero-order valence-electron chi connectivity index (χ0n) is 21.5. The normalized spacial score (nSPS) is 25.2. The first kappa shape index (κ1) is 26.4. The summed E-state index contributed by atoms with van der Waals surface area (Å²) in [6.45, 7) is 11.1. The Morgan fingerprint density at radius 3 is 2.37 bits per heavy atom. The summed E-state index contributed by atoms with van der Waals surface area (Å²) in [5, 5.41) is 0. The molecule has 35 heavy (non-hydrogen) atoms. The van der Waals surface area contributed by atoms with Crippen LogP contribution < -0.4 is 4.74 Å². The van der Waals surface area contributed by atoms with E-state index >= 15 is 0 Å². The molecular formula is C27H41BrN4O3. The summed E-state index contributed by atoms with van der Waals surface area (Å²) in [6, 6.07) is 8.41. The van der Waals surface area contributed by atoms with Gasteiger partial charge < -0.3 is 24.3 Å². The number of carbonyl (C=O) groups excluding carboxylic acids is 2. The van der Waals surface area contributed by atoms with Gasteiger partial charge in [0.05, 0.1) is 0 Å². The molecule has 194 valence electrons. The number of piperidine rings is 2. The van der Waals surface area contributed by atoms with Crippen molar-refractivity contribution in [2.45, 2.75) is 51.7 Å². The maximum Gasteiger partial charge on any atom is 0.225 e. The topological polar surface area (TPSA) is 56.3 Å². The van der Waals surface area contributed by atoms with Gasteiger partial charge in [0.1, 0.15) is 11.9 Å². The number of benzene rings is 1. The van der Waals surface area contributed by atoms with E-state index < -0.39 is 0 Å². The fourth-order valence-corrected chi connectivity index (χ4v) is 5.99. The number of halogens is 1. The van der Waals surface area contributed by atoms with Crippen LogP contribution in [0.3, 0.4) is 0 Å². The van der Waals surface area contributed by atoms with Crippen molar-refractivity contribution in [3.05, 3.63) is 28.7 Å². The van der Waals surface area contributed by atoms with E-state index in [1.807, 2.05) is 34.1 Å². The van der Waals surface area contributed by atoms with Crippen LogP contribution in [0.15, 0.2) is 28.7 Å². The zero-order chi connectivity index (χ0) is 24.9. The molecule has 7 nitrogen and oxygen atoms in total. The molecule has 3 fully saturated rings. The van der Waals surface area contributed by atoms with E-state index in [0.717, 1.165) is 68.8 Å². The third kappa shape index (κ3) is 6.98. The average Bonchev–Trinajstić information content (AvgIpc) is 2.85. The van der Waals surface area contributed by atoms with E-state index in [2.05, 4.69) is 46.6 Å². The number of hydrogen-bond acceptors (Lipinski definition) is 5. The Morgan fingerprint density at radius 1 is 1.00 bits per heavy atom. The standard InChI is InChI=1S/C27H41BrN4O3/c1-20(2)30-10-7-21(8-11-30)27(34)32-12-9-25(35-24-6-4-5-23(28)18-24)22(19-32)17-26(33)31-15-13-29(3)14-16-31/h4-6,18,20-22,25H,7-17,19H2,1-3H3/t22-,25-/m0/s1. The second-order valence-electron chi connectivity index (χ2n) is 10.7. The first-order chi connectivity index (χ1) is 16.8. The number of amides is 2. The minimum Gasteiger partial charge on any atom is -0.490 e. The number of likely N-dealkylation sites (tertiary alicyclic amines) is 2. The summed E-state index contributed by atoms with van der Waals surface area (Å²) < 4.78 is 7.39. The lowest BCUT2D eigenvalue weighted by Crippen LogP contribution is -2.53. The summed E-state index contributed by atoms with van der Waals surface area (Å²) in [7, 11) is 2.10. The van der Waals surface area contributed by atoms with Crippen molar-refractivity contribution in [3.8, 4) is 5.75 Å². The highest BCUT2D eigenvalue weighted by molar-refractivity contribution is 9.10. The Morgan fingerprint density at radius 2 is 1.71 bits per heavy atom. The van der Waals surface area contributed by atoms with Gasteiger partial charge in [-0.2, -0.15) is 0 Å². The van der Waals surface area contributed by atoms with Gasteiger partial charge in [0.25, 0.3) is 0 Å². The van der Waals surface area contributed by atoms with Crippen molar-refractivity contribution in [2.24, 2.45) is 11.8 Å². The van der Waals surface area contributed by atoms with Gasteiger partial charge >= 0.3 is 0 Å². The highest BCUT2D eigenvalue weighted by atomic mass is 79.9. The summed E-state index contributed by atoms with van der Waals surface area (Å²) in [5.74, 6) is 1.36. The van der Waals surface area contributed by atoms with Gasteiger partial charge in [0.15, 0.2) is 0 Å². The number of piperazine rings is 1. The molecule has 3 heterocycles. The second-order valence-corrected chi connectivity index (χ2v) is 11.7. The summed E-state index contributed by atoms with van der Waals surface area (Å²) >= 11 is 3.52. The van der Waals surface area contributed by atoms with E-state index in [1.54, 1.807) is 0 Å². The van der Waals surface area contributed by atoms with Crippen LogP contribution in [0.5, 0.6) is 5.75 Å². The molecule has 2 amide bonds. The van der Waals surface area contributed by atoms with Gasteiger partial charge in [-0.3, -0.25) is 9.59 Å². The van der Waals surface area contributed by atoms with Gasteiger partial charge in [-0.05, 0) is 65.0 Å². The molecule has 2 atom stereocenters. The first-order valence-corrected chi connectivity index (χ1v) is 14.0. The van der Waals surface area contributed by atoms with Gasteiger partial charge in [0.2, 0.25) is 11.8 Å². The molecule has 3 aliphatic heterocycles. The van der Waals surface area contributed by atoms with E-state index in [1.165, 1.54) is 0 Å². The zero-order valence-corrected chi connectivity index (χ0v) is 23.1. The van der Waals surface area contributed by atoms with Crippen LogP contribution in [0.4, 0.5) is 0 Å². The van der Waals surface area contributed by atoms with Gasteiger partial charge in [-0.15, -0.1) is 0 Å². The fraction of sp³-hybridized carbons (Fsp3) is 0.704. The summed E-state index contributed by atoms with van der Waals surface area (Å²) in [6.07, 6.45) is 2.96. The third-order valence-corrected chi connectivity index (χ3v) is 8.45. The fourth-order valence-electron chi connectivity index (χ4n) is 5.61. The minimum absolute atomic E-state index is 0.00501. The van der Waals surface area contributed by atoms with Gasteiger partial charge in [-0.25, -0.2) is 0 Å². The predicted molar refractivity (Wildman–Crippen MR) is 141 cm³/mol. The third-order valence-electron chi connectivity index (χ3n) is 7.96. The van der Waals surface area contributed by atoms with Crippen molar-refractivity contribution >= 4 is 27.7 Å². The summed E-state index contributed by atoms with van der Waals surface area (Å²) in [4.78, 5) is 35.4. The SMILES string of the molecule is CC(C)N1CCC(C(=O)N2CC[C@H](Oc3cccc(Br)c3)[C@@H](CC(=O)N3CCN(C)CC3)C2)CC1. The van der Waals surface area contributed by atoms with Crippen LogP contribution in [-0.4, -0.2) is 103 Å². The molecule has 3 aliphatic rings. The quantitative estimate of drug-likeness (QED) is 0.545.